The molecule has 9 heteroatoms. The van der Waals surface area contributed by atoms with E-state index in [1.54, 1.807) is 4.52 Å². The first-order chi connectivity index (χ1) is 15.6. The molecule has 5 rings (SSSR count). The summed E-state index contributed by atoms with van der Waals surface area (Å²) in [6, 6.07) is 10.5. The molecule has 2 aromatic heterocycles. The molecule has 32 heavy (non-hydrogen) atoms. The fourth-order valence-corrected chi connectivity index (χ4v) is 4.28. The minimum Gasteiger partial charge on any atom is -0.473 e. The molecule has 2 aliphatic rings. The standard InChI is InChI=1S/C23H25N7O2/c1-15(17-10-21(31)26-12-17)32-23-22-18(11-24)13-27-30(22)14-20(28-23)16-2-4-19(5-3-16)29-8-6-25-7-9-29/h2-5,13-15,17,25H,6-10,12H2,1H3,(H,26,31)/t15-,17?/m1/s1. The molecule has 9 nitrogen and oxygen atoms in total. The summed E-state index contributed by atoms with van der Waals surface area (Å²) in [6.45, 7) is 6.46. The van der Waals surface area contributed by atoms with E-state index < -0.39 is 0 Å². The largest absolute Gasteiger partial charge is 0.473 e. The van der Waals surface area contributed by atoms with Crippen molar-refractivity contribution < 1.29 is 9.53 Å². The quantitative estimate of drug-likeness (QED) is 0.632. The number of nitriles is 1. The van der Waals surface area contributed by atoms with Crippen LogP contribution in [0.15, 0.2) is 36.7 Å². The van der Waals surface area contributed by atoms with Crippen molar-refractivity contribution in [1.82, 2.24) is 25.2 Å². The van der Waals surface area contributed by atoms with Gasteiger partial charge in [-0.3, -0.25) is 4.79 Å². The van der Waals surface area contributed by atoms with Gasteiger partial charge in [-0.25, -0.2) is 9.50 Å². The number of fused-ring (bicyclic) bond motifs is 1. The van der Waals surface area contributed by atoms with Crippen LogP contribution in [0.3, 0.4) is 0 Å². The lowest BCUT2D eigenvalue weighted by Gasteiger charge is -2.29. The molecule has 3 aromatic rings. The van der Waals surface area contributed by atoms with Crippen LogP contribution in [0, 0.1) is 17.2 Å². The number of anilines is 1. The van der Waals surface area contributed by atoms with E-state index in [0.29, 0.717) is 35.6 Å². The van der Waals surface area contributed by atoms with Crippen LogP contribution in [0.25, 0.3) is 16.8 Å². The lowest BCUT2D eigenvalue weighted by molar-refractivity contribution is -0.119. The highest BCUT2D eigenvalue weighted by atomic mass is 16.5. The van der Waals surface area contributed by atoms with Gasteiger partial charge in [-0.15, -0.1) is 0 Å². The van der Waals surface area contributed by atoms with Crippen molar-refractivity contribution in [3.63, 3.8) is 0 Å². The zero-order valence-corrected chi connectivity index (χ0v) is 17.9. The molecule has 0 radical (unpaired) electrons. The Morgan fingerprint density at radius 2 is 2.03 bits per heavy atom. The molecule has 1 aromatic carbocycles. The maximum atomic E-state index is 11.6. The van der Waals surface area contributed by atoms with Crippen molar-refractivity contribution >= 4 is 17.1 Å². The summed E-state index contributed by atoms with van der Waals surface area (Å²) in [7, 11) is 0. The van der Waals surface area contributed by atoms with Crippen LogP contribution >= 0.6 is 0 Å². The second-order valence-corrected chi connectivity index (χ2v) is 8.27. The molecule has 0 saturated carbocycles. The van der Waals surface area contributed by atoms with Gasteiger partial charge >= 0.3 is 0 Å². The van der Waals surface area contributed by atoms with Crippen LogP contribution in [-0.2, 0) is 4.79 Å². The number of aromatic nitrogens is 3. The number of carbonyl (C=O) groups is 1. The van der Waals surface area contributed by atoms with Crippen molar-refractivity contribution in [3.05, 3.63) is 42.2 Å². The van der Waals surface area contributed by atoms with Crippen molar-refractivity contribution in [2.45, 2.75) is 19.4 Å². The normalized spacial score (nSPS) is 19.6. The predicted octanol–water partition coefficient (Wildman–Crippen LogP) is 1.58. The third-order valence-electron chi connectivity index (χ3n) is 6.20. The van der Waals surface area contributed by atoms with E-state index in [9.17, 15) is 10.1 Å². The van der Waals surface area contributed by atoms with Crippen LogP contribution in [0.1, 0.15) is 18.9 Å². The van der Waals surface area contributed by atoms with Gasteiger partial charge in [0, 0.05) is 56.3 Å². The summed E-state index contributed by atoms with van der Waals surface area (Å²) in [5, 5.41) is 20.1. The summed E-state index contributed by atoms with van der Waals surface area (Å²) in [5.41, 5.74) is 3.78. The van der Waals surface area contributed by atoms with E-state index in [-0.39, 0.29) is 17.9 Å². The number of carbonyl (C=O) groups excluding carboxylic acids is 1. The van der Waals surface area contributed by atoms with E-state index in [2.05, 4.69) is 38.8 Å². The molecule has 2 fully saturated rings. The number of hydrogen-bond donors (Lipinski definition) is 2. The molecule has 1 amide bonds. The number of nitrogens with zero attached hydrogens (tertiary/aromatic N) is 5. The fourth-order valence-electron chi connectivity index (χ4n) is 4.28. The third-order valence-corrected chi connectivity index (χ3v) is 6.20. The van der Waals surface area contributed by atoms with Crippen LogP contribution in [0.5, 0.6) is 5.88 Å². The molecule has 2 aliphatic heterocycles. The highest BCUT2D eigenvalue weighted by molar-refractivity contribution is 5.78. The molecule has 0 spiro atoms. The smallest absolute Gasteiger partial charge is 0.242 e. The Morgan fingerprint density at radius 3 is 2.72 bits per heavy atom. The van der Waals surface area contributed by atoms with E-state index in [4.69, 9.17) is 9.72 Å². The third kappa shape index (κ3) is 3.85. The van der Waals surface area contributed by atoms with Gasteiger partial charge in [0.2, 0.25) is 11.8 Å². The SMILES string of the molecule is C[C@@H](Oc1nc(-c2ccc(N3CCNCC3)cc2)cn2ncc(C#N)c12)C1CNC(=O)C1. The Bertz CT molecular complexity index is 1180. The Hall–Kier alpha value is -3.64. The Morgan fingerprint density at radius 1 is 1.25 bits per heavy atom. The summed E-state index contributed by atoms with van der Waals surface area (Å²) in [4.78, 5) is 18.7. The number of nitrogens with one attached hydrogen (secondary N) is 2. The molecular weight excluding hydrogens is 406 g/mol. The van der Waals surface area contributed by atoms with Crippen molar-refractivity contribution in [2.24, 2.45) is 5.92 Å². The van der Waals surface area contributed by atoms with Crippen molar-refractivity contribution in [1.29, 1.82) is 5.26 Å². The second-order valence-electron chi connectivity index (χ2n) is 8.27. The summed E-state index contributed by atoms with van der Waals surface area (Å²) in [6.07, 6.45) is 3.52. The fraction of sp³-hybridized carbons (Fsp3) is 0.391. The number of ether oxygens (including phenoxy) is 1. The van der Waals surface area contributed by atoms with Gasteiger partial charge in [-0.2, -0.15) is 10.4 Å². The number of amides is 1. The highest BCUT2D eigenvalue weighted by Gasteiger charge is 2.29. The number of piperazine rings is 1. The van der Waals surface area contributed by atoms with Gasteiger partial charge in [0.15, 0.2) is 0 Å². The van der Waals surface area contributed by atoms with Crippen LogP contribution in [0.2, 0.25) is 0 Å². The molecule has 2 atom stereocenters. The number of benzene rings is 1. The highest BCUT2D eigenvalue weighted by Crippen LogP contribution is 2.30. The summed E-state index contributed by atoms with van der Waals surface area (Å²) in [5.74, 6) is 0.443. The minimum absolute atomic E-state index is 0.0314. The maximum absolute atomic E-state index is 11.6. The monoisotopic (exact) mass is 431 g/mol. The first kappa shape index (κ1) is 20.3. The zero-order valence-electron chi connectivity index (χ0n) is 17.9. The number of rotatable bonds is 5. The first-order valence-electron chi connectivity index (χ1n) is 10.9. The van der Waals surface area contributed by atoms with Gasteiger partial charge in [-0.1, -0.05) is 12.1 Å². The molecule has 0 bridgehead atoms. The number of hydrogen-bond acceptors (Lipinski definition) is 7. The maximum Gasteiger partial charge on any atom is 0.242 e. The van der Waals surface area contributed by atoms with Gasteiger partial charge in [0.05, 0.1) is 18.1 Å². The minimum atomic E-state index is -0.239. The Labute approximate surface area is 186 Å². The molecule has 2 N–H and O–H groups in total. The predicted molar refractivity (Wildman–Crippen MR) is 119 cm³/mol. The van der Waals surface area contributed by atoms with E-state index in [1.807, 2.05) is 25.3 Å². The second kappa shape index (κ2) is 8.48. The van der Waals surface area contributed by atoms with Crippen molar-refractivity contribution in [2.75, 3.05) is 37.6 Å². The summed E-state index contributed by atoms with van der Waals surface area (Å²) < 4.78 is 7.86. The Kier molecular flexibility index (Phi) is 5.37. The molecule has 164 valence electrons. The van der Waals surface area contributed by atoms with E-state index >= 15 is 0 Å². The first-order valence-corrected chi connectivity index (χ1v) is 10.9. The van der Waals surface area contributed by atoms with Crippen LogP contribution in [0.4, 0.5) is 5.69 Å². The lowest BCUT2D eigenvalue weighted by Crippen LogP contribution is -2.43. The molecular formula is C23H25N7O2. The van der Waals surface area contributed by atoms with Crippen molar-refractivity contribution in [3.8, 4) is 23.2 Å². The topological polar surface area (TPSA) is 108 Å². The van der Waals surface area contributed by atoms with Crippen LogP contribution in [-0.4, -0.2) is 59.3 Å². The van der Waals surface area contributed by atoms with Gasteiger partial charge in [-0.05, 0) is 19.1 Å². The molecule has 0 aliphatic carbocycles. The zero-order chi connectivity index (χ0) is 22.1. The molecule has 1 unspecified atom stereocenters. The van der Waals surface area contributed by atoms with E-state index in [1.165, 1.54) is 11.9 Å². The van der Waals surface area contributed by atoms with Gasteiger partial charge in [0.1, 0.15) is 23.3 Å². The average Bonchev–Trinajstić information content (AvgIpc) is 3.46. The lowest BCUT2D eigenvalue weighted by atomic mass is 10.0. The molecule has 4 heterocycles. The van der Waals surface area contributed by atoms with E-state index in [0.717, 1.165) is 31.7 Å². The summed E-state index contributed by atoms with van der Waals surface area (Å²) >= 11 is 0. The average molecular weight is 432 g/mol. The Balaban J connectivity index is 1.47. The van der Waals surface area contributed by atoms with Gasteiger partial charge < -0.3 is 20.3 Å². The van der Waals surface area contributed by atoms with Crippen LogP contribution < -0.4 is 20.3 Å². The van der Waals surface area contributed by atoms with Gasteiger partial charge in [0.25, 0.3) is 0 Å². The molecule has 2 saturated heterocycles.